The van der Waals surface area contributed by atoms with Crippen LogP contribution in [0.5, 0.6) is 0 Å². The molecular formula is C23H25N5O2S2. The number of benzene rings is 1. The summed E-state index contributed by atoms with van der Waals surface area (Å²) in [7, 11) is -2.97. The van der Waals surface area contributed by atoms with E-state index in [1.54, 1.807) is 0 Å². The molecular weight excluding hydrogens is 442 g/mol. The number of aromatic nitrogens is 5. The molecule has 32 heavy (non-hydrogen) atoms. The highest BCUT2D eigenvalue weighted by Crippen LogP contribution is 2.38. The van der Waals surface area contributed by atoms with Crippen LogP contribution in [0.3, 0.4) is 0 Å². The predicted molar refractivity (Wildman–Crippen MR) is 127 cm³/mol. The third-order valence-electron chi connectivity index (χ3n) is 6.55. The Kier molecular flexibility index (Phi) is 4.73. The van der Waals surface area contributed by atoms with Crippen LogP contribution in [-0.2, 0) is 22.9 Å². The minimum Gasteiger partial charge on any atom is -0.326 e. The summed E-state index contributed by atoms with van der Waals surface area (Å²) in [6.45, 7) is 1.15. The third kappa shape index (κ3) is 3.47. The second-order valence-electron chi connectivity index (χ2n) is 8.92. The first-order valence-electron chi connectivity index (χ1n) is 11.2. The van der Waals surface area contributed by atoms with E-state index >= 15 is 0 Å². The van der Waals surface area contributed by atoms with Crippen molar-refractivity contribution in [2.45, 2.75) is 56.5 Å². The van der Waals surface area contributed by atoms with Crippen LogP contribution in [0.25, 0.3) is 22.1 Å². The first-order valence-corrected chi connectivity index (χ1v) is 13.4. The van der Waals surface area contributed by atoms with Gasteiger partial charge in [0.2, 0.25) is 0 Å². The van der Waals surface area contributed by atoms with Crippen molar-refractivity contribution in [3.05, 3.63) is 53.3 Å². The summed E-state index contributed by atoms with van der Waals surface area (Å²) in [6.07, 6.45) is 8.23. The van der Waals surface area contributed by atoms with E-state index in [0.717, 1.165) is 58.3 Å². The van der Waals surface area contributed by atoms with Gasteiger partial charge in [0.05, 0.1) is 45.8 Å². The van der Waals surface area contributed by atoms with Crippen LogP contribution in [0.4, 0.5) is 0 Å². The van der Waals surface area contributed by atoms with Gasteiger partial charge in [-0.2, -0.15) is 0 Å². The number of nitrogens with zero attached hydrogens (tertiary/aromatic N) is 5. The van der Waals surface area contributed by atoms with Crippen molar-refractivity contribution in [1.29, 1.82) is 0 Å². The van der Waals surface area contributed by atoms with Crippen LogP contribution in [0, 0.1) is 4.77 Å². The lowest BCUT2D eigenvalue weighted by molar-refractivity contribution is 0.580. The van der Waals surface area contributed by atoms with E-state index in [-0.39, 0.29) is 11.0 Å². The number of sulfone groups is 1. The SMILES string of the molecule is O=S(=O)(CCCn1c(Cn2c(=S)n(C3CC3)c3ccncc32)nc2ccccc21)C1CC1. The Morgan fingerprint density at radius 2 is 1.81 bits per heavy atom. The molecule has 9 heteroatoms. The number of fused-ring (bicyclic) bond motifs is 2. The Morgan fingerprint density at radius 1 is 1.00 bits per heavy atom. The van der Waals surface area contributed by atoms with Crippen molar-refractivity contribution >= 4 is 44.1 Å². The molecule has 7 nitrogen and oxygen atoms in total. The lowest BCUT2D eigenvalue weighted by atomic mass is 10.3. The van der Waals surface area contributed by atoms with Crippen molar-refractivity contribution in [3.63, 3.8) is 0 Å². The molecule has 4 aromatic rings. The molecule has 0 atom stereocenters. The first kappa shape index (κ1) is 20.1. The quantitative estimate of drug-likeness (QED) is 0.362. The van der Waals surface area contributed by atoms with Gasteiger partial charge in [-0.05, 0) is 62.5 Å². The van der Waals surface area contributed by atoms with Gasteiger partial charge in [-0.15, -0.1) is 0 Å². The van der Waals surface area contributed by atoms with E-state index in [4.69, 9.17) is 17.2 Å². The number of imidazole rings is 2. The van der Waals surface area contributed by atoms with Crippen LogP contribution in [0.2, 0.25) is 0 Å². The second-order valence-corrected chi connectivity index (χ2v) is 11.7. The molecule has 0 radical (unpaired) electrons. The number of hydrogen-bond donors (Lipinski definition) is 0. The van der Waals surface area contributed by atoms with Crippen molar-refractivity contribution in [3.8, 4) is 0 Å². The van der Waals surface area contributed by atoms with Crippen LogP contribution in [0.15, 0.2) is 42.7 Å². The summed E-state index contributed by atoms with van der Waals surface area (Å²) >= 11 is 5.89. The highest BCUT2D eigenvalue weighted by molar-refractivity contribution is 7.92. The molecule has 0 amide bonds. The summed E-state index contributed by atoms with van der Waals surface area (Å²) in [5.41, 5.74) is 4.08. The second kappa shape index (κ2) is 7.52. The minimum absolute atomic E-state index is 0.110. The van der Waals surface area contributed by atoms with Crippen LogP contribution in [-0.4, -0.2) is 43.1 Å². The molecule has 2 saturated carbocycles. The van der Waals surface area contributed by atoms with Crippen molar-refractivity contribution in [2.75, 3.05) is 5.75 Å². The van der Waals surface area contributed by atoms with E-state index < -0.39 is 9.84 Å². The largest absolute Gasteiger partial charge is 0.326 e. The van der Waals surface area contributed by atoms with Crippen molar-refractivity contribution in [2.24, 2.45) is 0 Å². The molecule has 3 aromatic heterocycles. The van der Waals surface area contributed by atoms with Crippen LogP contribution in [0.1, 0.15) is 44.0 Å². The Hall–Kier alpha value is -2.52. The topological polar surface area (TPSA) is 74.7 Å². The van der Waals surface area contributed by atoms with E-state index in [9.17, 15) is 8.42 Å². The lowest BCUT2D eigenvalue weighted by Crippen LogP contribution is -2.15. The summed E-state index contributed by atoms with van der Waals surface area (Å²) in [5.74, 6) is 1.12. The first-order chi connectivity index (χ1) is 15.5. The summed E-state index contributed by atoms with van der Waals surface area (Å²) in [5, 5.41) is -0.110. The number of hydrogen-bond acceptors (Lipinski definition) is 5. The maximum atomic E-state index is 12.4. The fourth-order valence-corrected chi connectivity index (χ4v) is 6.75. The van der Waals surface area contributed by atoms with Gasteiger partial charge in [-0.25, -0.2) is 13.4 Å². The molecule has 2 aliphatic carbocycles. The maximum Gasteiger partial charge on any atom is 0.181 e. The smallest absolute Gasteiger partial charge is 0.181 e. The molecule has 0 aliphatic heterocycles. The fraction of sp³-hybridized carbons (Fsp3) is 0.435. The zero-order chi connectivity index (χ0) is 21.9. The highest BCUT2D eigenvalue weighted by Gasteiger charge is 2.35. The number of rotatable bonds is 8. The molecule has 2 aliphatic rings. The van der Waals surface area contributed by atoms with Gasteiger partial charge in [0.15, 0.2) is 14.6 Å². The maximum absolute atomic E-state index is 12.4. The number of aryl methyl sites for hydroxylation is 1. The van der Waals surface area contributed by atoms with E-state index in [1.165, 1.54) is 0 Å². The molecule has 1 aromatic carbocycles. The Bertz CT molecular complexity index is 1490. The lowest BCUT2D eigenvalue weighted by Gasteiger charge is -2.11. The molecule has 0 spiro atoms. The summed E-state index contributed by atoms with van der Waals surface area (Å²) < 4.78 is 32.1. The molecule has 0 N–H and O–H groups in total. The zero-order valence-corrected chi connectivity index (χ0v) is 19.4. The van der Waals surface area contributed by atoms with Gasteiger partial charge < -0.3 is 13.7 Å². The van der Waals surface area contributed by atoms with Crippen molar-refractivity contribution < 1.29 is 8.42 Å². The molecule has 166 valence electrons. The number of para-hydroxylation sites is 2. The van der Waals surface area contributed by atoms with Gasteiger partial charge >= 0.3 is 0 Å². The minimum atomic E-state index is -2.97. The standard InChI is InChI=1S/C23H25N5O2S2/c29-32(30,17-8-9-17)13-3-12-26-19-5-2-1-4-18(19)25-22(26)15-27-21-14-24-11-10-20(21)28(23(27)31)16-6-7-16/h1-2,4-5,10-11,14,16-17H,3,6-9,12-13,15H2. The molecule has 0 saturated heterocycles. The van der Waals surface area contributed by atoms with E-state index in [2.05, 4.69) is 24.8 Å². The van der Waals surface area contributed by atoms with Crippen molar-refractivity contribution in [1.82, 2.24) is 23.7 Å². The third-order valence-corrected chi connectivity index (χ3v) is 9.31. The van der Waals surface area contributed by atoms with E-state index in [1.807, 2.05) is 36.7 Å². The highest BCUT2D eigenvalue weighted by atomic mass is 32.2. The van der Waals surface area contributed by atoms with Crippen LogP contribution < -0.4 is 0 Å². The molecule has 2 fully saturated rings. The summed E-state index contributed by atoms with van der Waals surface area (Å²) in [6, 6.07) is 10.5. The van der Waals surface area contributed by atoms with Gasteiger partial charge in [0, 0.05) is 18.8 Å². The molecule has 3 heterocycles. The Morgan fingerprint density at radius 3 is 2.59 bits per heavy atom. The van der Waals surface area contributed by atoms with Gasteiger partial charge in [-0.3, -0.25) is 4.98 Å². The van der Waals surface area contributed by atoms with Gasteiger partial charge in [-0.1, -0.05) is 12.1 Å². The number of pyridine rings is 1. The van der Waals surface area contributed by atoms with E-state index in [0.29, 0.717) is 25.6 Å². The van der Waals surface area contributed by atoms with Crippen LogP contribution >= 0.6 is 12.2 Å². The average Bonchev–Trinajstić information content (AvgIpc) is 3.71. The zero-order valence-electron chi connectivity index (χ0n) is 17.7. The van der Waals surface area contributed by atoms with Gasteiger partial charge in [0.25, 0.3) is 0 Å². The van der Waals surface area contributed by atoms with Gasteiger partial charge in [0.1, 0.15) is 5.82 Å². The predicted octanol–water partition coefficient (Wildman–Crippen LogP) is 4.27. The molecule has 0 unspecified atom stereocenters. The fourth-order valence-electron chi connectivity index (χ4n) is 4.62. The Labute approximate surface area is 191 Å². The monoisotopic (exact) mass is 467 g/mol. The molecule has 6 rings (SSSR count). The average molecular weight is 468 g/mol. The normalized spacial score (nSPS) is 16.9. The Balaban J connectivity index is 1.38. The molecule has 0 bridgehead atoms. The summed E-state index contributed by atoms with van der Waals surface area (Å²) in [4.78, 5) is 9.24.